The van der Waals surface area contributed by atoms with Gasteiger partial charge in [0.25, 0.3) is 0 Å². The number of hydrogen-bond acceptors (Lipinski definition) is 1. The van der Waals surface area contributed by atoms with Crippen LogP contribution in [0.15, 0.2) is 22.7 Å². The molecule has 0 spiro atoms. The molecule has 1 aromatic heterocycles. The molecule has 2 nitrogen and oxygen atoms in total. The summed E-state index contributed by atoms with van der Waals surface area (Å²) >= 11 is 9.15. The van der Waals surface area contributed by atoms with E-state index in [-0.39, 0.29) is 0 Å². The SMILES string of the molecule is O=Cc1c(Cl)[nH]c2ccc(Br)cc12. The minimum Gasteiger partial charge on any atom is -0.345 e. The van der Waals surface area contributed by atoms with Crippen molar-refractivity contribution in [3.8, 4) is 0 Å². The van der Waals surface area contributed by atoms with Gasteiger partial charge in [0.1, 0.15) is 5.15 Å². The van der Waals surface area contributed by atoms with Crippen molar-refractivity contribution in [2.45, 2.75) is 0 Å². The smallest absolute Gasteiger partial charge is 0.153 e. The predicted octanol–water partition coefficient (Wildman–Crippen LogP) is 3.40. The molecule has 4 heteroatoms. The molecule has 0 fully saturated rings. The van der Waals surface area contributed by atoms with Gasteiger partial charge in [-0.25, -0.2) is 0 Å². The zero-order valence-corrected chi connectivity index (χ0v) is 8.82. The second-order valence-corrected chi connectivity index (χ2v) is 3.95. The van der Waals surface area contributed by atoms with Gasteiger partial charge >= 0.3 is 0 Å². The monoisotopic (exact) mass is 257 g/mol. The van der Waals surface area contributed by atoms with Gasteiger partial charge in [0.15, 0.2) is 6.29 Å². The van der Waals surface area contributed by atoms with Crippen molar-refractivity contribution in [1.82, 2.24) is 4.98 Å². The number of aromatic amines is 1. The summed E-state index contributed by atoms with van der Waals surface area (Å²) in [4.78, 5) is 13.6. The van der Waals surface area contributed by atoms with E-state index in [2.05, 4.69) is 20.9 Å². The first kappa shape index (κ1) is 8.78. The Morgan fingerprint density at radius 2 is 2.23 bits per heavy atom. The fourth-order valence-corrected chi connectivity index (χ4v) is 1.88. The van der Waals surface area contributed by atoms with Crippen LogP contribution in [-0.2, 0) is 0 Å². The maximum absolute atomic E-state index is 10.7. The van der Waals surface area contributed by atoms with Crippen molar-refractivity contribution in [2.24, 2.45) is 0 Å². The van der Waals surface area contributed by atoms with Gasteiger partial charge in [0.2, 0.25) is 0 Å². The van der Waals surface area contributed by atoms with Gasteiger partial charge in [0.05, 0.1) is 5.56 Å². The summed E-state index contributed by atoms with van der Waals surface area (Å²) in [6.07, 6.45) is 0.758. The van der Waals surface area contributed by atoms with Crippen LogP contribution in [-0.4, -0.2) is 11.3 Å². The first-order valence-corrected chi connectivity index (χ1v) is 4.81. The molecule has 0 saturated heterocycles. The molecular weight excluding hydrogens is 253 g/mol. The zero-order chi connectivity index (χ0) is 9.42. The summed E-state index contributed by atoms with van der Waals surface area (Å²) in [6, 6.07) is 5.63. The molecule has 0 unspecified atom stereocenters. The van der Waals surface area contributed by atoms with Crippen LogP contribution in [0.3, 0.4) is 0 Å². The maximum Gasteiger partial charge on any atom is 0.153 e. The van der Waals surface area contributed by atoms with Crippen molar-refractivity contribution in [3.63, 3.8) is 0 Å². The lowest BCUT2D eigenvalue weighted by Crippen LogP contribution is -1.75. The first-order chi connectivity index (χ1) is 6.22. The number of fused-ring (bicyclic) bond motifs is 1. The van der Waals surface area contributed by atoms with Crippen LogP contribution >= 0.6 is 27.5 Å². The highest BCUT2D eigenvalue weighted by molar-refractivity contribution is 9.10. The maximum atomic E-state index is 10.7. The summed E-state index contributed by atoms with van der Waals surface area (Å²) < 4.78 is 0.929. The third kappa shape index (κ3) is 1.38. The highest BCUT2D eigenvalue weighted by Gasteiger charge is 2.08. The van der Waals surface area contributed by atoms with E-state index in [1.165, 1.54) is 0 Å². The van der Waals surface area contributed by atoms with E-state index in [0.29, 0.717) is 10.7 Å². The number of benzene rings is 1. The number of rotatable bonds is 1. The molecular formula is C9H5BrClNO. The summed E-state index contributed by atoms with van der Waals surface area (Å²) in [7, 11) is 0. The number of aromatic nitrogens is 1. The highest BCUT2D eigenvalue weighted by Crippen LogP contribution is 2.26. The topological polar surface area (TPSA) is 32.9 Å². The molecule has 0 aliphatic heterocycles. The van der Waals surface area contributed by atoms with E-state index >= 15 is 0 Å². The average molecular weight is 259 g/mol. The Balaban J connectivity index is 2.88. The Morgan fingerprint density at radius 1 is 1.46 bits per heavy atom. The average Bonchev–Trinajstić information content (AvgIpc) is 2.40. The molecule has 0 bridgehead atoms. The molecule has 2 rings (SSSR count). The molecule has 0 aliphatic rings. The second kappa shape index (κ2) is 3.16. The normalized spacial score (nSPS) is 10.6. The standard InChI is InChI=1S/C9H5BrClNO/c10-5-1-2-8-6(3-5)7(4-13)9(11)12-8/h1-4,12H. The molecule has 0 atom stereocenters. The van der Waals surface area contributed by atoms with Crippen LogP contribution in [0.5, 0.6) is 0 Å². The fraction of sp³-hybridized carbons (Fsp3) is 0. The minimum absolute atomic E-state index is 0.392. The van der Waals surface area contributed by atoms with Crippen molar-refractivity contribution in [2.75, 3.05) is 0 Å². The fourth-order valence-electron chi connectivity index (χ4n) is 1.27. The van der Waals surface area contributed by atoms with Crippen LogP contribution in [0, 0.1) is 0 Å². The quantitative estimate of drug-likeness (QED) is 0.781. The summed E-state index contributed by atoms with van der Waals surface area (Å²) in [6.45, 7) is 0. The highest BCUT2D eigenvalue weighted by atomic mass is 79.9. The molecule has 1 heterocycles. The Bertz CT molecular complexity index is 478. The molecule has 66 valence electrons. The van der Waals surface area contributed by atoms with E-state index in [4.69, 9.17) is 11.6 Å². The lowest BCUT2D eigenvalue weighted by molar-refractivity contribution is 0.112. The van der Waals surface area contributed by atoms with Crippen molar-refractivity contribution < 1.29 is 4.79 Å². The Kier molecular flexibility index (Phi) is 2.14. The van der Waals surface area contributed by atoms with Gasteiger partial charge in [-0.05, 0) is 18.2 Å². The van der Waals surface area contributed by atoms with E-state index < -0.39 is 0 Å². The van der Waals surface area contributed by atoms with Gasteiger partial charge < -0.3 is 4.98 Å². The van der Waals surface area contributed by atoms with Crippen LogP contribution in [0.2, 0.25) is 5.15 Å². The number of H-pyrrole nitrogens is 1. The lowest BCUT2D eigenvalue weighted by Gasteiger charge is -1.91. The van der Waals surface area contributed by atoms with E-state index in [1.54, 1.807) is 0 Å². The summed E-state index contributed by atoms with van der Waals surface area (Å²) in [5.41, 5.74) is 1.38. The van der Waals surface area contributed by atoms with Crippen molar-refractivity contribution in [3.05, 3.63) is 33.4 Å². The van der Waals surface area contributed by atoms with Crippen LogP contribution < -0.4 is 0 Å². The number of nitrogens with one attached hydrogen (secondary N) is 1. The molecule has 0 amide bonds. The van der Waals surface area contributed by atoms with Gasteiger partial charge in [-0.15, -0.1) is 0 Å². The largest absolute Gasteiger partial charge is 0.345 e. The van der Waals surface area contributed by atoms with E-state index in [1.807, 2.05) is 18.2 Å². The van der Waals surface area contributed by atoms with Crippen LogP contribution in [0.4, 0.5) is 0 Å². The number of carbonyl (C=O) groups is 1. The molecule has 2 aromatic rings. The van der Waals surface area contributed by atoms with Gasteiger partial charge in [0, 0.05) is 15.4 Å². The van der Waals surface area contributed by atoms with Crippen molar-refractivity contribution in [1.29, 1.82) is 0 Å². The number of halogens is 2. The Labute approximate surface area is 88.0 Å². The van der Waals surface area contributed by atoms with Gasteiger partial charge in [-0.2, -0.15) is 0 Å². The summed E-state index contributed by atoms with van der Waals surface area (Å²) in [5, 5.41) is 1.23. The number of hydrogen-bond donors (Lipinski definition) is 1. The second-order valence-electron chi connectivity index (χ2n) is 2.66. The summed E-state index contributed by atoms with van der Waals surface area (Å²) in [5.74, 6) is 0. The molecule has 0 saturated carbocycles. The van der Waals surface area contributed by atoms with Gasteiger partial charge in [-0.1, -0.05) is 27.5 Å². The first-order valence-electron chi connectivity index (χ1n) is 3.64. The van der Waals surface area contributed by atoms with Crippen molar-refractivity contribution >= 4 is 44.7 Å². The predicted molar refractivity (Wildman–Crippen MR) is 56.4 cm³/mol. The van der Waals surface area contributed by atoms with E-state index in [0.717, 1.165) is 21.7 Å². The number of carbonyl (C=O) groups excluding carboxylic acids is 1. The van der Waals surface area contributed by atoms with Crippen LogP contribution in [0.1, 0.15) is 10.4 Å². The number of aldehydes is 1. The lowest BCUT2D eigenvalue weighted by atomic mass is 10.2. The molecule has 0 radical (unpaired) electrons. The zero-order valence-electron chi connectivity index (χ0n) is 6.47. The Hall–Kier alpha value is -0.800. The third-order valence-electron chi connectivity index (χ3n) is 1.87. The molecule has 1 aromatic carbocycles. The molecule has 13 heavy (non-hydrogen) atoms. The van der Waals surface area contributed by atoms with Gasteiger partial charge in [-0.3, -0.25) is 4.79 Å². The Morgan fingerprint density at radius 3 is 2.92 bits per heavy atom. The third-order valence-corrected chi connectivity index (χ3v) is 2.66. The molecule has 1 N–H and O–H groups in total. The molecule has 0 aliphatic carbocycles. The van der Waals surface area contributed by atoms with E-state index in [9.17, 15) is 4.79 Å². The minimum atomic E-state index is 0.392. The van der Waals surface area contributed by atoms with Crippen LogP contribution in [0.25, 0.3) is 10.9 Å².